The SMILES string of the molecule is CN(C)c1cccc2c(S(=O)(=O)NCCNC(=O)[C@@H](N)Cc3cccc4ccccc34)cccc12. The minimum absolute atomic E-state index is 0.0544. The number of nitrogens with one attached hydrogen (secondary N) is 2. The fraction of sp³-hybridized carbons (Fsp3) is 0.222. The van der Waals surface area contributed by atoms with Crippen molar-refractivity contribution in [2.45, 2.75) is 17.4 Å². The predicted octanol–water partition coefficient (Wildman–Crippen LogP) is 3.02. The monoisotopic (exact) mass is 490 g/mol. The van der Waals surface area contributed by atoms with Gasteiger partial charge in [0.25, 0.3) is 0 Å². The summed E-state index contributed by atoms with van der Waals surface area (Å²) in [6.07, 6.45) is 0.392. The van der Waals surface area contributed by atoms with E-state index < -0.39 is 16.1 Å². The second kappa shape index (κ2) is 10.4. The molecule has 0 heterocycles. The fourth-order valence-corrected chi connectivity index (χ4v) is 5.52. The van der Waals surface area contributed by atoms with Crippen LogP contribution >= 0.6 is 0 Å². The van der Waals surface area contributed by atoms with E-state index in [-0.39, 0.29) is 23.9 Å². The van der Waals surface area contributed by atoms with E-state index in [4.69, 9.17) is 5.73 Å². The fourth-order valence-electron chi connectivity index (χ4n) is 4.27. The van der Waals surface area contributed by atoms with Gasteiger partial charge in [-0.15, -0.1) is 0 Å². The summed E-state index contributed by atoms with van der Waals surface area (Å²) in [4.78, 5) is 14.7. The highest BCUT2D eigenvalue weighted by molar-refractivity contribution is 7.89. The average molecular weight is 491 g/mol. The maximum atomic E-state index is 13.0. The highest BCUT2D eigenvalue weighted by Crippen LogP contribution is 2.30. The molecule has 0 aliphatic rings. The van der Waals surface area contributed by atoms with E-state index in [1.54, 1.807) is 18.2 Å². The molecule has 4 N–H and O–H groups in total. The van der Waals surface area contributed by atoms with Gasteiger partial charge in [-0.3, -0.25) is 4.79 Å². The smallest absolute Gasteiger partial charge is 0.241 e. The van der Waals surface area contributed by atoms with E-state index in [0.717, 1.165) is 27.4 Å². The molecule has 0 radical (unpaired) electrons. The molecule has 8 heteroatoms. The van der Waals surface area contributed by atoms with Crippen molar-refractivity contribution in [3.05, 3.63) is 84.4 Å². The van der Waals surface area contributed by atoms with Gasteiger partial charge in [0.15, 0.2) is 0 Å². The van der Waals surface area contributed by atoms with Crippen molar-refractivity contribution in [3.63, 3.8) is 0 Å². The molecule has 4 aromatic rings. The second-order valence-corrected chi connectivity index (χ2v) is 10.4. The molecule has 0 saturated heterocycles. The molecule has 1 amide bonds. The molecule has 0 aliphatic heterocycles. The molecule has 1 atom stereocenters. The Labute approximate surface area is 206 Å². The summed E-state index contributed by atoms with van der Waals surface area (Å²) in [5.74, 6) is -0.321. The molecule has 182 valence electrons. The van der Waals surface area contributed by atoms with Crippen LogP contribution in [0.1, 0.15) is 5.56 Å². The zero-order valence-corrected chi connectivity index (χ0v) is 20.7. The summed E-state index contributed by atoms with van der Waals surface area (Å²) in [5, 5.41) is 6.40. The first-order valence-electron chi connectivity index (χ1n) is 11.5. The Kier molecular flexibility index (Phi) is 7.35. The number of amides is 1. The number of hydrogen-bond acceptors (Lipinski definition) is 5. The maximum absolute atomic E-state index is 13.0. The minimum atomic E-state index is -3.77. The Morgan fingerprint density at radius 1 is 0.857 bits per heavy atom. The normalized spacial score (nSPS) is 12.5. The van der Waals surface area contributed by atoms with Gasteiger partial charge in [0.2, 0.25) is 15.9 Å². The van der Waals surface area contributed by atoms with E-state index in [1.807, 2.05) is 79.7 Å². The lowest BCUT2D eigenvalue weighted by atomic mass is 9.99. The Morgan fingerprint density at radius 3 is 2.31 bits per heavy atom. The number of sulfonamides is 1. The molecular weight excluding hydrogens is 460 g/mol. The van der Waals surface area contributed by atoms with Gasteiger partial charge >= 0.3 is 0 Å². The van der Waals surface area contributed by atoms with Crippen molar-refractivity contribution >= 4 is 43.2 Å². The standard InChI is InChI=1S/C27H30N4O3S/c1-31(2)25-14-6-13-23-22(25)12-7-15-26(23)35(33,34)30-17-16-29-27(32)24(28)18-20-10-5-9-19-8-3-4-11-21(19)20/h3-15,24,30H,16-18,28H2,1-2H3,(H,29,32)/t24-/m0/s1. The van der Waals surface area contributed by atoms with Gasteiger partial charge < -0.3 is 16.0 Å². The van der Waals surface area contributed by atoms with Crippen LogP contribution in [0, 0.1) is 0 Å². The van der Waals surface area contributed by atoms with Gasteiger partial charge in [-0.25, -0.2) is 13.1 Å². The lowest BCUT2D eigenvalue weighted by Gasteiger charge is -2.17. The van der Waals surface area contributed by atoms with Crippen LogP contribution in [0.3, 0.4) is 0 Å². The van der Waals surface area contributed by atoms with E-state index in [1.165, 1.54) is 0 Å². The van der Waals surface area contributed by atoms with Gasteiger partial charge in [0, 0.05) is 43.6 Å². The van der Waals surface area contributed by atoms with Crippen LogP contribution in [-0.4, -0.2) is 47.6 Å². The molecule has 0 bridgehead atoms. The van der Waals surface area contributed by atoms with Crippen LogP contribution in [0.2, 0.25) is 0 Å². The van der Waals surface area contributed by atoms with E-state index in [0.29, 0.717) is 11.8 Å². The molecule has 4 rings (SSSR count). The van der Waals surface area contributed by atoms with Crippen molar-refractivity contribution in [3.8, 4) is 0 Å². The molecule has 0 aliphatic carbocycles. The summed E-state index contributed by atoms with van der Waals surface area (Å²) >= 11 is 0. The van der Waals surface area contributed by atoms with Crippen molar-refractivity contribution in [1.82, 2.24) is 10.0 Å². The van der Waals surface area contributed by atoms with Gasteiger partial charge in [0.1, 0.15) is 0 Å². The van der Waals surface area contributed by atoms with Crippen LogP contribution in [0.5, 0.6) is 0 Å². The Hall–Kier alpha value is -3.46. The summed E-state index contributed by atoms with van der Waals surface area (Å²) in [5.41, 5.74) is 8.08. The highest BCUT2D eigenvalue weighted by Gasteiger charge is 2.19. The third-order valence-corrected chi connectivity index (χ3v) is 7.52. The first kappa shape index (κ1) is 24.7. The molecule has 0 spiro atoms. The average Bonchev–Trinajstić information content (AvgIpc) is 2.85. The third kappa shape index (κ3) is 5.45. The van der Waals surface area contributed by atoms with E-state index in [2.05, 4.69) is 10.0 Å². The zero-order chi connectivity index (χ0) is 25.0. The number of hydrogen-bond donors (Lipinski definition) is 3. The van der Waals surface area contributed by atoms with Crippen LogP contribution in [0.4, 0.5) is 5.69 Å². The number of fused-ring (bicyclic) bond motifs is 2. The Bertz CT molecular complexity index is 1460. The second-order valence-electron chi connectivity index (χ2n) is 8.66. The summed E-state index contributed by atoms with van der Waals surface area (Å²) < 4.78 is 28.6. The summed E-state index contributed by atoms with van der Waals surface area (Å²) in [6.45, 7) is 0.188. The molecule has 0 aromatic heterocycles. The molecule has 35 heavy (non-hydrogen) atoms. The van der Waals surface area contributed by atoms with Gasteiger partial charge in [-0.2, -0.15) is 0 Å². The first-order chi connectivity index (χ1) is 16.8. The molecule has 0 fully saturated rings. The number of nitrogens with zero attached hydrogens (tertiary/aromatic N) is 1. The minimum Gasteiger partial charge on any atom is -0.377 e. The number of benzene rings is 4. The largest absolute Gasteiger partial charge is 0.377 e. The lowest BCUT2D eigenvalue weighted by Crippen LogP contribution is -2.44. The van der Waals surface area contributed by atoms with Crippen LogP contribution < -0.4 is 20.7 Å². The van der Waals surface area contributed by atoms with Crippen LogP contribution in [0.15, 0.2) is 83.8 Å². The maximum Gasteiger partial charge on any atom is 0.241 e. The summed E-state index contributed by atoms with van der Waals surface area (Å²) in [7, 11) is 0.0656. The molecule has 7 nitrogen and oxygen atoms in total. The van der Waals surface area contributed by atoms with Gasteiger partial charge in [-0.05, 0) is 34.9 Å². The predicted molar refractivity (Wildman–Crippen MR) is 142 cm³/mol. The quantitative estimate of drug-likeness (QED) is 0.313. The topological polar surface area (TPSA) is 105 Å². The van der Waals surface area contributed by atoms with Crippen molar-refractivity contribution in [2.24, 2.45) is 5.73 Å². The van der Waals surface area contributed by atoms with Gasteiger partial charge in [-0.1, -0.05) is 66.7 Å². The zero-order valence-electron chi connectivity index (χ0n) is 19.9. The molecule has 0 saturated carbocycles. The van der Waals surface area contributed by atoms with E-state index in [9.17, 15) is 13.2 Å². The van der Waals surface area contributed by atoms with Crippen molar-refractivity contribution in [1.29, 1.82) is 0 Å². The van der Waals surface area contributed by atoms with E-state index >= 15 is 0 Å². The van der Waals surface area contributed by atoms with Crippen LogP contribution in [0.25, 0.3) is 21.5 Å². The highest BCUT2D eigenvalue weighted by atomic mass is 32.2. The summed E-state index contributed by atoms with van der Waals surface area (Å²) in [6, 6.07) is 24.0. The first-order valence-corrected chi connectivity index (χ1v) is 12.9. The Balaban J connectivity index is 1.37. The molecule has 0 unspecified atom stereocenters. The van der Waals surface area contributed by atoms with Crippen molar-refractivity contribution in [2.75, 3.05) is 32.1 Å². The number of nitrogens with two attached hydrogens (primary N) is 1. The molecule has 4 aromatic carbocycles. The number of carbonyl (C=O) groups excluding carboxylic acids is 1. The number of carbonyl (C=O) groups is 1. The van der Waals surface area contributed by atoms with Crippen LogP contribution in [-0.2, 0) is 21.2 Å². The lowest BCUT2D eigenvalue weighted by molar-refractivity contribution is -0.122. The third-order valence-electron chi connectivity index (χ3n) is 6.00. The number of anilines is 1. The number of rotatable bonds is 9. The Morgan fingerprint density at radius 2 is 1.51 bits per heavy atom. The van der Waals surface area contributed by atoms with Gasteiger partial charge in [0.05, 0.1) is 10.9 Å². The van der Waals surface area contributed by atoms with Crippen molar-refractivity contribution < 1.29 is 13.2 Å². The molecular formula is C27H30N4O3S.